The number of nitrogens with two attached hydrogens (primary N) is 1. The summed E-state index contributed by atoms with van der Waals surface area (Å²) in [4.78, 5) is 0. The van der Waals surface area contributed by atoms with Gasteiger partial charge in [-0.05, 0) is 24.3 Å². The first kappa shape index (κ1) is 14.3. The number of anilines is 1. The normalized spacial score (nSPS) is 8.56. The van der Waals surface area contributed by atoms with E-state index in [1.807, 2.05) is 0 Å². The lowest BCUT2D eigenvalue weighted by Gasteiger charge is -2.10. The van der Waals surface area contributed by atoms with Gasteiger partial charge in [0.25, 0.3) is 0 Å². The van der Waals surface area contributed by atoms with Crippen LogP contribution in [0.2, 0.25) is 5.02 Å². The lowest BCUT2D eigenvalue weighted by Crippen LogP contribution is -2.45. The predicted octanol–water partition coefficient (Wildman–Crippen LogP) is 1.10. The average molecular weight is 263 g/mol. The first-order valence-electron chi connectivity index (χ1n) is 4.05. The Morgan fingerprint density at radius 3 is 2.25 bits per heavy atom. The molecule has 7 N–H and O–H groups in total. The van der Waals surface area contributed by atoms with Gasteiger partial charge in [0.05, 0.1) is 5.69 Å². The summed E-state index contributed by atoms with van der Waals surface area (Å²) >= 11 is 5.70. The first-order valence-corrected chi connectivity index (χ1v) is 4.43. The molecule has 0 atom stereocenters. The molecule has 88 valence electrons. The van der Waals surface area contributed by atoms with Crippen LogP contribution >= 0.6 is 24.0 Å². The summed E-state index contributed by atoms with van der Waals surface area (Å²) in [5, 5.41) is 17.1. The summed E-state index contributed by atoms with van der Waals surface area (Å²) in [5.41, 5.74) is 11.0. The quantitative estimate of drug-likeness (QED) is 0.272. The Bertz CT molecular complexity index is 363. The van der Waals surface area contributed by atoms with Crippen LogP contribution < -0.4 is 21.9 Å². The van der Waals surface area contributed by atoms with Crippen molar-refractivity contribution in [3.63, 3.8) is 0 Å². The van der Waals surface area contributed by atoms with E-state index in [-0.39, 0.29) is 24.3 Å². The number of halogens is 2. The standard InChI is InChI=1S/C8H11ClN6.ClH/c9-5-1-3-6(4-2-5)14-15-8(12)13-7(10)11;/h1-4,14H,(H6,10,11,12,13,15);1H. The Kier molecular flexibility index (Phi) is 6.06. The maximum absolute atomic E-state index is 7.28. The number of nitrogens with one attached hydrogen (secondary N) is 5. The third-order valence-electron chi connectivity index (χ3n) is 1.44. The SMILES string of the molecule is Cl.N=C(N)NC(=N)NNc1ccc(Cl)cc1. The van der Waals surface area contributed by atoms with Gasteiger partial charge in [-0.1, -0.05) is 11.6 Å². The molecule has 0 spiro atoms. The summed E-state index contributed by atoms with van der Waals surface area (Å²) < 4.78 is 0. The molecule has 1 aromatic rings. The molecule has 0 radical (unpaired) electrons. The van der Waals surface area contributed by atoms with Crippen LogP contribution in [0.5, 0.6) is 0 Å². The Balaban J connectivity index is 0.00000225. The largest absolute Gasteiger partial charge is 0.370 e. The molecular weight excluding hydrogens is 251 g/mol. The van der Waals surface area contributed by atoms with Gasteiger partial charge in [0.15, 0.2) is 5.96 Å². The third-order valence-corrected chi connectivity index (χ3v) is 1.69. The minimum absolute atomic E-state index is 0. The zero-order valence-electron chi connectivity index (χ0n) is 8.17. The first-order chi connectivity index (χ1) is 7.08. The summed E-state index contributed by atoms with van der Waals surface area (Å²) in [6, 6.07) is 6.92. The van der Waals surface area contributed by atoms with E-state index in [0.29, 0.717) is 5.02 Å². The highest BCUT2D eigenvalue weighted by atomic mass is 35.5. The molecular formula is C8H12Cl2N6. The van der Waals surface area contributed by atoms with Crippen molar-refractivity contribution in [3.8, 4) is 0 Å². The van der Waals surface area contributed by atoms with E-state index in [1.165, 1.54) is 0 Å². The number of rotatable bonds is 2. The third kappa shape index (κ3) is 5.28. The van der Waals surface area contributed by atoms with Crippen LogP contribution in [-0.4, -0.2) is 11.9 Å². The minimum atomic E-state index is -0.301. The number of hydrogen-bond donors (Lipinski definition) is 6. The fraction of sp³-hybridized carbons (Fsp3) is 0. The molecule has 0 aliphatic carbocycles. The van der Waals surface area contributed by atoms with Gasteiger partial charge in [0.2, 0.25) is 5.96 Å². The smallest absolute Gasteiger partial charge is 0.214 e. The van der Waals surface area contributed by atoms with E-state index in [2.05, 4.69) is 16.2 Å². The number of hydrogen-bond acceptors (Lipinski definition) is 3. The molecule has 0 heterocycles. The monoisotopic (exact) mass is 262 g/mol. The number of benzene rings is 1. The highest BCUT2D eigenvalue weighted by Gasteiger charge is 1.95. The second kappa shape index (κ2) is 6.76. The van der Waals surface area contributed by atoms with E-state index in [9.17, 15) is 0 Å². The van der Waals surface area contributed by atoms with Crippen LogP contribution in [-0.2, 0) is 0 Å². The average Bonchev–Trinajstić information content (AvgIpc) is 2.16. The van der Waals surface area contributed by atoms with E-state index in [4.69, 9.17) is 28.2 Å². The maximum Gasteiger partial charge on any atom is 0.214 e. The Labute approximate surface area is 104 Å². The lowest BCUT2D eigenvalue weighted by molar-refractivity contribution is 1.02. The summed E-state index contributed by atoms with van der Waals surface area (Å²) in [5.74, 6) is -0.414. The van der Waals surface area contributed by atoms with E-state index in [1.54, 1.807) is 24.3 Å². The molecule has 6 nitrogen and oxygen atoms in total. The van der Waals surface area contributed by atoms with Crippen molar-refractivity contribution in [2.24, 2.45) is 5.73 Å². The van der Waals surface area contributed by atoms with Gasteiger partial charge >= 0.3 is 0 Å². The second-order valence-electron chi connectivity index (χ2n) is 2.67. The lowest BCUT2D eigenvalue weighted by atomic mass is 10.3. The van der Waals surface area contributed by atoms with Crippen LogP contribution in [0.15, 0.2) is 24.3 Å². The van der Waals surface area contributed by atoms with Crippen LogP contribution in [0.4, 0.5) is 5.69 Å². The summed E-state index contributed by atoms with van der Waals surface area (Å²) in [6.07, 6.45) is 0. The van der Waals surface area contributed by atoms with Crippen molar-refractivity contribution in [1.82, 2.24) is 10.7 Å². The predicted molar refractivity (Wildman–Crippen MR) is 68.2 cm³/mol. The second-order valence-corrected chi connectivity index (χ2v) is 3.11. The maximum atomic E-state index is 7.28. The van der Waals surface area contributed by atoms with Crippen molar-refractivity contribution >= 4 is 41.6 Å². The molecule has 0 fully saturated rings. The van der Waals surface area contributed by atoms with E-state index >= 15 is 0 Å². The molecule has 0 unspecified atom stereocenters. The fourth-order valence-corrected chi connectivity index (χ4v) is 0.960. The van der Waals surface area contributed by atoms with Crippen LogP contribution in [0.1, 0.15) is 0 Å². The minimum Gasteiger partial charge on any atom is -0.370 e. The highest BCUT2D eigenvalue weighted by Crippen LogP contribution is 2.12. The van der Waals surface area contributed by atoms with Gasteiger partial charge < -0.3 is 5.73 Å². The van der Waals surface area contributed by atoms with Crippen molar-refractivity contribution in [1.29, 1.82) is 10.8 Å². The fourth-order valence-electron chi connectivity index (χ4n) is 0.834. The Morgan fingerprint density at radius 1 is 1.19 bits per heavy atom. The topological polar surface area (TPSA) is 110 Å². The Hall–Kier alpha value is -1.66. The molecule has 1 aromatic carbocycles. The van der Waals surface area contributed by atoms with Gasteiger partial charge in [0.1, 0.15) is 0 Å². The van der Waals surface area contributed by atoms with Gasteiger partial charge in [-0.3, -0.25) is 27.0 Å². The summed E-state index contributed by atoms with van der Waals surface area (Å²) in [7, 11) is 0. The van der Waals surface area contributed by atoms with Crippen LogP contribution in [0.25, 0.3) is 0 Å². The van der Waals surface area contributed by atoms with Crippen molar-refractivity contribution in [3.05, 3.63) is 29.3 Å². The molecule has 0 amide bonds. The van der Waals surface area contributed by atoms with Gasteiger partial charge in [0, 0.05) is 5.02 Å². The van der Waals surface area contributed by atoms with Gasteiger partial charge in [-0.25, -0.2) is 0 Å². The van der Waals surface area contributed by atoms with Crippen molar-refractivity contribution in [2.75, 3.05) is 5.43 Å². The van der Waals surface area contributed by atoms with E-state index < -0.39 is 0 Å². The molecule has 1 rings (SSSR count). The highest BCUT2D eigenvalue weighted by molar-refractivity contribution is 6.30. The number of guanidine groups is 2. The van der Waals surface area contributed by atoms with E-state index in [0.717, 1.165) is 5.69 Å². The molecule has 0 aliphatic rings. The molecule has 0 aliphatic heterocycles. The Morgan fingerprint density at radius 2 is 1.75 bits per heavy atom. The van der Waals surface area contributed by atoms with Crippen molar-refractivity contribution < 1.29 is 0 Å². The van der Waals surface area contributed by atoms with Gasteiger partial charge in [-0.15, -0.1) is 12.4 Å². The molecule has 0 aromatic heterocycles. The van der Waals surface area contributed by atoms with Crippen LogP contribution in [0.3, 0.4) is 0 Å². The van der Waals surface area contributed by atoms with Crippen molar-refractivity contribution in [2.45, 2.75) is 0 Å². The van der Waals surface area contributed by atoms with Gasteiger partial charge in [-0.2, -0.15) is 0 Å². The molecule has 8 heteroatoms. The molecule has 16 heavy (non-hydrogen) atoms. The van der Waals surface area contributed by atoms with Crippen LogP contribution in [0, 0.1) is 10.8 Å². The molecule has 0 saturated carbocycles. The molecule has 0 bridgehead atoms. The molecule has 0 saturated heterocycles. The summed E-state index contributed by atoms with van der Waals surface area (Å²) in [6.45, 7) is 0. The zero-order valence-corrected chi connectivity index (χ0v) is 9.75. The number of hydrazine groups is 1. The zero-order chi connectivity index (χ0) is 11.3.